The third-order valence-corrected chi connectivity index (χ3v) is 5.10. The standard InChI is InChI=1S/C16H23N3O4S/c1-4-7-17-15(20)10-18-16(21)12-5-6-14-13(9-12)8-11(2)19(14)24(3,22)23/h5-6,9,11H,4,7-8,10H2,1-3H3,(H,17,20)(H,18,21)/t11-/m0/s1. The molecule has 1 aliphatic rings. The molecule has 1 aliphatic heterocycles. The number of amides is 2. The Morgan fingerprint density at radius 3 is 2.62 bits per heavy atom. The summed E-state index contributed by atoms with van der Waals surface area (Å²) >= 11 is 0. The molecule has 7 nitrogen and oxygen atoms in total. The maximum atomic E-state index is 12.2. The van der Waals surface area contributed by atoms with Crippen molar-refractivity contribution in [1.82, 2.24) is 10.6 Å². The molecule has 0 spiro atoms. The van der Waals surface area contributed by atoms with Crippen LogP contribution in [-0.2, 0) is 21.2 Å². The number of anilines is 1. The Labute approximate surface area is 142 Å². The van der Waals surface area contributed by atoms with Crippen LogP contribution >= 0.6 is 0 Å². The van der Waals surface area contributed by atoms with Crippen molar-refractivity contribution in [1.29, 1.82) is 0 Å². The van der Waals surface area contributed by atoms with E-state index in [4.69, 9.17) is 0 Å². The minimum atomic E-state index is -3.35. The van der Waals surface area contributed by atoms with E-state index in [0.717, 1.165) is 12.0 Å². The molecule has 0 bridgehead atoms. The van der Waals surface area contributed by atoms with Gasteiger partial charge in [0.15, 0.2) is 0 Å². The quantitative estimate of drug-likeness (QED) is 0.785. The van der Waals surface area contributed by atoms with Gasteiger partial charge in [0.1, 0.15) is 0 Å². The molecule has 2 amide bonds. The van der Waals surface area contributed by atoms with E-state index in [1.54, 1.807) is 18.2 Å². The molecule has 0 aliphatic carbocycles. The van der Waals surface area contributed by atoms with E-state index in [0.29, 0.717) is 24.2 Å². The molecule has 132 valence electrons. The van der Waals surface area contributed by atoms with Crippen LogP contribution in [0.4, 0.5) is 5.69 Å². The zero-order valence-corrected chi connectivity index (χ0v) is 14.9. The van der Waals surface area contributed by atoms with Gasteiger partial charge in [-0.25, -0.2) is 8.42 Å². The lowest BCUT2D eigenvalue weighted by atomic mass is 10.1. The molecule has 8 heteroatoms. The molecule has 1 aromatic rings. The Balaban J connectivity index is 2.08. The van der Waals surface area contributed by atoms with Crippen LogP contribution in [0.25, 0.3) is 0 Å². The summed E-state index contributed by atoms with van der Waals surface area (Å²) in [4.78, 5) is 23.7. The second-order valence-electron chi connectivity index (χ2n) is 5.99. The Hall–Kier alpha value is -2.09. The van der Waals surface area contributed by atoms with E-state index < -0.39 is 10.0 Å². The molecule has 0 radical (unpaired) electrons. The first-order chi connectivity index (χ1) is 11.2. The van der Waals surface area contributed by atoms with Crippen molar-refractivity contribution in [3.05, 3.63) is 29.3 Å². The van der Waals surface area contributed by atoms with Crippen LogP contribution in [0.15, 0.2) is 18.2 Å². The van der Waals surface area contributed by atoms with Gasteiger partial charge in [0.2, 0.25) is 15.9 Å². The van der Waals surface area contributed by atoms with E-state index in [9.17, 15) is 18.0 Å². The molecule has 0 fully saturated rings. The highest BCUT2D eigenvalue weighted by atomic mass is 32.2. The average molecular weight is 353 g/mol. The van der Waals surface area contributed by atoms with E-state index in [2.05, 4.69) is 10.6 Å². The predicted molar refractivity (Wildman–Crippen MR) is 92.6 cm³/mol. The van der Waals surface area contributed by atoms with Crippen LogP contribution < -0.4 is 14.9 Å². The van der Waals surface area contributed by atoms with Crippen molar-refractivity contribution in [2.24, 2.45) is 0 Å². The minimum Gasteiger partial charge on any atom is -0.355 e. The van der Waals surface area contributed by atoms with Gasteiger partial charge in [-0.1, -0.05) is 6.92 Å². The van der Waals surface area contributed by atoms with Crippen LogP contribution in [0.2, 0.25) is 0 Å². The lowest BCUT2D eigenvalue weighted by Gasteiger charge is -2.21. The van der Waals surface area contributed by atoms with Gasteiger partial charge in [-0.3, -0.25) is 13.9 Å². The topological polar surface area (TPSA) is 95.6 Å². The van der Waals surface area contributed by atoms with Crippen molar-refractivity contribution in [2.45, 2.75) is 32.7 Å². The number of hydrogen-bond donors (Lipinski definition) is 2. The molecule has 24 heavy (non-hydrogen) atoms. The first-order valence-corrected chi connectivity index (χ1v) is 9.76. The molecule has 0 saturated heterocycles. The fraction of sp³-hybridized carbons (Fsp3) is 0.500. The summed E-state index contributed by atoms with van der Waals surface area (Å²) in [6.07, 6.45) is 2.56. The number of benzene rings is 1. The second kappa shape index (κ2) is 7.21. The number of nitrogens with zero attached hydrogens (tertiary/aromatic N) is 1. The van der Waals surface area contributed by atoms with Crippen LogP contribution in [0.1, 0.15) is 36.2 Å². The van der Waals surface area contributed by atoms with Crippen LogP contribution in [-0.4, -0.2) is 45.6 Å². The van der Waals surface area contributed by atoms with Gasteiger partial charge >= 0.3 is 0 Å². The maximum Gasteiger partial charge on any atom is 0.251 e. The Bertz CT molecular complexity index is 746. The summed E-state index contributed by atoms with van der Waals surface area (Å²) in [5.41, 5.74) is 1.85. The number of carbonyl (C=O) groups excluding carboxylic acids is 2. The average Bonchev–Trinajstić information content (AvgIpc) is 2.85. The fourth-order valence-corrected chi connectivity index (χ4v) is 4.10. The summed E-state index contributed by atoms with van der Waals surface area (Å²) in [5, 5.41) is 5.25. The highest BCUT2D eigenvalue weighted by Gasteiger charge is 2.32. The van der Waals surface area contributed by atoms with E-state index in [-0.39, 0.29) is 24.4 Å². The summed E-state index contributed by atoms with van der Waals surface area (Å²) in [6.45, 7) is 4.28. The van der Waals surface area contributed by atoms with Gasteiger partial charge in [-0.2, -0.15) is 0 Å². The molecule has 0 saturated carbocycles. The molecule has 2 N–H and O–H groups in total. The maximum absolute atomic E-state index is 12.2. The highest BCUT2D eigenvalue weighted by Crippen LogP contribution is 2.34. The smallest absolute Gasteiger partial charge is 0.251 e. The van der Waals surface area contributed by atoms with Gasteiger partial charge in [-0.05, 0) is 43.5 Å². The highest BCUT2D eigenvalue weighted by molar-refractivity contribution is 7.92. The second-order valence-corrected chi connectivity index (χ2v) is 7.85. The molecular formula is C16H23N3O4S. The largest absolute Gasteiger partial charge is 0.355 e. The van der Waals surface area contributed by atoms with E-state index in [1.165, 1.54) is 10.6 Å². The van der Waals surface area contributed by atoms with Crippen molar-refractivity contribution in [3.63, 3.8) is 0 Å². The molecule has 2 rings (SSSR count). The summed E-state index contributed by atoms with van der Waals surface area (Å²) < 4.78 is 25.2. The number of sulfonamides is 1. The van der Waals surface area contributed by atoms with Crippen LogP contribution in [0.3, 0.4) is 0 Å². The first-order valence-electron chi connectivity index (χ1n) is 7.91. The zero-order valence-electron chi connectivity index (χ0n) is 14.1. The van der Waals surface area contributed by atoms with Gasteiger partial charge in [0.05, 0.1) is 18.5 Å². The summed E-state index contributed by atoms with van der Waals surface area (Å²) in [5.74, 6) is -0.585. The normalized spacial score (nSPS) is 16.6. The van der Waals surface area contributed by atoms with Crippen molar-refractivity contribution in [2.75, 3.05) is 23.7 Å². The van der Waals surface area contributed by atoms with Gasteiger partial charge in [0.25, 0.3) is 5.91 Å². The van der Waals surface area contributed by atoms with Crippen molar-refractivity contribution >= 4 is 27.5 Å². The van der Waals surface area contributed by atoms with E-state index in [1.807, 2.05) is 13.8 Å². The number of hydrogen-bond acceptors (Lipinski definition) is 4. The first kappa shape index (κ1) is 18.3. The summed E-state index contributed by atoms with van der Waals surface area (Å²) in [7, 11) is -3.35. The SMILES string of the molecule is CCCNC(=O)CNC(=O)c1ccc2c(c1)C[C@H](C)N2S(C)(=O)=O. The third-order valence-electron chi connectivity index (χ3n) is 3.83. The third kappa shape index (κ3) is 4.05. The van der Waals surface area contributed by atoms with Crippen LogP contribution in [0, 0.1) is 0 Å². The molecule has 1 aromatic carbocycles. The zero-order chi connectivity index (χ0) is 17.9. The minimum absolute atomic E-state index is 0.0816. The fourth-order valence-electron chi connectivity index (χ4n) is 2.84. The number of carbonyl (C=O) groups is 2. The molecule has 1 atom stereocenters. The lowest BCUT2D eigenvalue weighted by Crippen LogP contribution is -2.37. The Morgan fingerprint density at radius 2 is 2.00 bits per heavy atom. The Morgan fingerprint density at radius 1 is 1.29 bits per heavy atom. The summed E-state index contributed by atoms with van der Waals surface area (Å²) in [6, 6.07) is 4.74. The number of rotatable bonds is 6. The number of nitrogens with one attached hydrogen (secondary N) is 2. The lowest BCUT2D eigenvalue weighted by molar-refractivity contribution is -0.120. The van der Waals surface area contributed by atoms with E-state index >= 15 is 0 Å². The molecule has 0 aromatic heterocycles. The molecular weight excluding hydrogens is 330 g/mol. The van der Waals surface area contributed by atoms with Crippen molar-refractivity contribution < 1.29 is 18.0 Å². The Kier molecular flexibility index (Phi) is 5.48. The van der Waals surface area contributed by atoms with Crippen molar-refractivity contribution in [3.8, 4) is 0 Å². The van der Waals surface area contributed by atoms with Gasteiger partial charge in [-0.15, -0.1) is 0 Å². The van der Waals surface area contributed by atoms with Gasteiger partial charge < -0.3 is 10.6 Å². The predicted octanol–water partition coefficient (Wildman–Crippen LogP) is 0.653. The molecule has 0 unspecified atom stereocenters. The number of fused-ring (bicyclic) bond motifs is 1. The van der Waals surface area contributed by atoms with Gasteiger partial charge in [0, 0.05) is 18.2 Å². The monoisotopic (exact) mass is 353 g/mol. The van der Waals surface area contributed by atoms with Crippen LogP contribution in [0.5, 0.6) is 0 Å². The molecule has 1 heterocycles.